The smallest absolute Gasteiger partial charge is 0.126 e. The molecular formula is C10H16ClN3. The van der Waals surface area contributed by atoms with Crippen molar-refractivity contribution in [1.29, 1.82) is 0 Å². The number of hydrogen-bond acceptors (Lipinski definition) is 3. The summed E-state index contributed by atoms with van der Waals surface area (Å²) in [5, 5.41) is 7.12. The summed E-state index contributed by atoms with van der Waals surface area (Å²) in [5.41, 5.74) is 0. The number of pyridine rings is 1. The fourth-order valence-corrected chi connectivity index (χ4v) is 1.27. The van der Waals surface area contributed by atoms with Crippen molar-refractivity contribution < 1.29 is 0 Å². The van der Waals surface area contributed by atoms with Crippen LogP contribution in [0.2, 0.25) is 5.02 Å². The van der Waals surface area contributed by atoms with E-state index in [2.05, 4.69) is 22.5 Å². The van der Waals surface area contributed by atoms with Crippen LogP contribution < -0.4 is 10.6 Å². The van der Waals surface area contributed by atoms with E-state index in [0.717, 1.165) is 18.8 Å². The molecule has 0 aliphatic carbocycles. The number of halogens is 1. The summed E-state index contributed by atoms with van der Waals surface area (Å²) >= 11 is 5.73. The normalized spacial score (nSPS) is 12.5. The van der Waals surface area contributed by atoms with Gasteiger partial charge in [0.05, 0.1) is 5.02 Å². The van der Waals surface area contributed by atoms with Gasteiger partial charge in [-0.25, -0.2) is 4.98 Å². The summed E-state index contributed by atoms with van der Waals surface area (Å²) in [5.74, 6) is 0.864. The van der Waals surface area contributed by atoms with Crippen molar-refractivity contribution in [2.75, 3.05) is 18.9 Å². The van der Waals surface area contributed by atoms with Gasteiger partial charge in [0, 0.05) is 18.8 Å². The third kappa shape index (κ3) is 3.52. The highest BCUT2D eigenvalue weighted by Crippen LogP contribution is 2.09. The lowest BCUT2D eigenvalue weighted by atomic mass is 10.2. The molecule has 0 aliphatic heterocycles. The highest BCUT2D eigenvalue weighted by atomic mass is 35.5. The van der Waals surface area contributed by atoms with E-state index in [4.69, 9.17) is 11.6 Å². The van der Waals surface area contributed by atoms with Crippen LogP contribution in [-0.4, -0.2) is 24.6 Å². The van der Waals surface area contributed by atoms with Crippen LogP contribution in [0.1, 0.15) is 13.3 Å². The van der Waals surface area contributed by atoms with Gasteiger partial charge in [0.25, 0.3) is 0 Å². The van der Waals surface area contributed by atoms with Crippen LogP contribution in [0.5, 0.6) is 0 Å². The Morgan fingerprint density at radius 1 is 1.50 bits per heavy atom. The molecule has 1 rings (SSSR count). The van der Waals surface area contributed by atoms with Gasteiger partial charge in [-0.3, -0.25) is 0 Å². The largest absolute Gasteiger partial charge is 0.369 e. The fraction of sp³-hybridized carbons (Fsp3) is 0.500. The van der Waals surface area contributed by atoms with E-state index in [0.29, 0.717) is 11.1 Å². The second kappa shape index (κ2) is 5.83. The van der Waals surface area contributed by atoms with E-state index >= 15 is 0 Å². The van der Waals surface area contributed by atoms with Crippen LogP contribution in [0.3, 0.4) is 0 Å². The Bertz CT molecular complexity index is 257. The molecule has 0 fully saturated rings. The average Bonchev–Trinajstić information content (AvgIpc) is 2.22. The minimum absolute atomic E-state index is 0.479. The van der Waals surface area contributed by atoms with Gasteiger partial charge in [-0.2, -0.15) is 0 Å². The van der Waals surface area contributed by atoms with Gasteiger partial charge >= 0.3 is 0 Å². The Labute approximate surface area is 89.9 Å². The maximum Gasteiger partial charge on any atom is 0.126 e. The van der Waals surface area contributed by atoms with Gasteiger partial charge in [-0.1, -0.05) is 18.5 Å². The molecule has 2 N–H and O–H groups in total. The lowest BCUT2D eigenvalue weighted by molar-refractivity contribution is 0.568. The van der Waals surface area contributed by atoms with E-state index in [1.54, 1.807) is 6.20 Å². The summed E-state index contributed by atoms with van der Waals surface area (Å²) in [6.07, 6.45) is 2.74. The molecule has 78 valence electrons. The van der Waals surface area contributed by atoms with Gasteiger partial charge < -0.3 is 10.6 Å². The molecule has 0 saturated heterocycles. The number of likely N-dealkylation sites (N-methyl/N-ethyl adjacent to an activating group) is 1. The van der Waals surface area contributed by atoms with Gasteiger partial charge in [-0.15, -0.1) is 0 Å². The van der Waals surface area contributed by atoms with E-state index in [1.165, 1.54) is 0 Å². The number of aromatic nitrogens is 1. The Morgan fingerprint density at radius 2 is 2.29 bits per heavy atom. The van der Waals surface area contributed by atoms with Crippen molar-refractivity contribution in [3.63, 3.8) is 0 Å². The van der Waals surface area contributed by atoms with Crippen molar-refractivity contribution in [3.8, 4) is 0 Å². The van der Waals surface area contributed by atoms with Crippen LogP contribution in [0.25, 0.3) is 0 Å². The van der Waals surface area contributed by atoms with Gasteiger partial charge in [0.2, 0.25) is 0 Å². The Morgan fingerprint density at radius 3 is 2.79 bits per heavy atom. The summed E-state index contributed by atoms with van der Waals surface area (Å²) < 4.78 is 0. The molecule has 0 radical (unpaired) electrons. The molecule has 1 aromatic heterocycles. The standard InChI is InChI=1S/C10H16ClN3/c1-3-9(12-2)7-14-10-5-4-8(11)6-13-10/h4-6,9,12H,3,7H2,1-2H3,(H,13,14). The summed E-state index contributed by atoms with van der Waals surface area (Å²) in [6, 6.07) is 4.19. The lowest BCUT2D eigenvalue weighted by Gasteiger charge is -2.14. The van der Waals surface area contributed by atoms with Crippen molar-refractivity contribution in [1.82, 2.24) is 10.3 Å². The zero-order valence-electron chi connectivity index (χ0n) is 8.55. The van der Waals surface area contributed by atoms with Crippen LogP contribution >= 0.6 is 11.6 Å². The quantitative estimate of drug-likeness (QED) is 0.787. The summed E-state index contributed by atoms with van der Waals surface area (Å²) in [6.45, 7) is 3.03. The molecule has 0 spiro atoms. The van der Waals surface area contributed by atoms with Crippen molar-refractivity contribution in [2.24, 2.45) is 0 Å². The van der Waals surface area contributed by atoms with Crippen LogP contribution in [0.4, 0.5) is 5.82 Å². The first kappa shape index (κ1) is 11.3. The molecule has 14 heavy (non-hydrogen) atoms. The second-order valence-electron chi connectivity index (χ2n) is 3.14. The molecular weight excluding hydrogens is 198 g/mol. The number of rotatable bonds is 5. The summed E-state index contributed by atoms with van der Waals surface area (Å²) in [7, 11) is 1.96. The minimum atomic E-state index is 0.479. The highest BCUT2D eigenvalue weighted by molar-refractivity contribution is 6.30. The monoisotopic (exact) mass is 213 g/mol. The topological polar surface area (TPSA) is 37.0 Å². The predicted molar refractivity (Wildman–Crippen MR) is 60.9 cm³/mol. The van der Waals surface area contributed by atoms with Gasteiger partial charge in [0.1, 0.15) is 5.82 Å². The second-order valence-corrected chi connectivity index (χ2v) is 3.57. The molecule has 1 atom stereocenters. The molecule has 0 amide bonds. The van der Waals surface area contributed by atoms with Crippen molar-refractivity contribution in [3.05, 3.63) is 23.4 Å². The number of nitrogens with zero attached hydrogens (tertiary/aromatic N) is 1. The van der Waals surface area contributed by atoms with Crippen LogP contribution in [0, 0.1) is 0 Å². The third-order valence-corrected chi connectivity index (χ3v) is 2.38. The van der Waals surface area contributed by atoms with Crippen LogP contribution in [-0.2, 0) is 0 Å². The highest BCUT2D eigenvalue weighted by Gasteiger charge is 2.02. The first-order chi connectivity index (χ1) is 6.76. The average molecular weight is 214 g/mol. The Kier molecular flexibility index (Phi) is 4.70. The molecule has 0 bridgehead atoms. The molecule has 4 heteroatoms. The first-order valence-electron chi connectivity index (χ1n) is 4.79. The van der Waals surface area contributed by atoms with Crippen LogP contribution in [0.15, 0.2) is 18.3 Å². The van der Waals surface area contributed by atoms with Gasteiger partial charge in [-0.05, 0) is 25.6 Å². The van der Waals surface area contributed by atoms with E-state index in [-0.39, 0.29) is 0 Å². The third-order valence-electron chi connectivity index (χ3n) is 2.16. The fourth-order valence-electron chi connectivity index (χ4n) is 1.16. The molecule has 3 nitrogen and oxygen atoms in total. The number of anilines is 1. The lowest BCUT2D eigenvalue weighted by Crippen LogP contribution is -2.31. The Hall–Kier alpha value is -0.800. The van der Waals surface area contributed by atoms with E-state index in [9.17, 15) is 0 Å². The number of nitrogens with one attached hydrogen (secondary N) is 2. The van der Waals surface area contributed by atoms with E-state index in [1.807, 2.05) is 19.2 Å². The molecule has 0 saturated carbocycles. The molecule has 0 aliphatic rings. The molecule has 1 unspecified atom stereocenters. The van der Waals surface area contributed by atoms with Gasteiger partial charge in [0.15, 0.2) is 0 Å². The molecule has 1 aromatic rings. The first-order valence-corrected chi connectivity index (χ1v) is 5.16. The van der Waals surface area contributed by atoms with E-state index < -0.39 is 0 Å². The summed E-state index contributed by atoms with van der Waals surface area (Å²) in [4.78, 5) is 4.15. The Balaban J connectivity index is 2.41. The minimum Gasteiger partial charge on any atom is -0.369 e. The SMILES string of the molecule is CCC(CNc1ccc(Cl)cn1)NC. The zero-order chi connectivity index (χ0) is 10.4. The molecule has 0 aromatic carbocycles. The van der Waals surface area contributed by atoms with Crippen molar-refractivity contribution in [2.45, 2.75) is 19.4 Å². The van der Waals surface area contributed by atoms with Crippen molar-refractivity contribution >= 4 is 17.4 Å². The predicted octanol–water partition coefficient (Wildman–Crippen LogP) is 2.14. The maximum atomic E-state index is 5.73. The maximum absolute atomic E-state index is 5.73. The zero-order valence-corrected chi connectivity index (χ0v) is 9.30. The number of hydrogen-bond donors (Lipinski definition) is 2. The molecule has 1 heterocycles.